The van der Waals surface area contributed by atoms with Gasteiger partial charge in [0.05, 0.1) is 0 Å². The molecule has 14 rings (SSSR count). The van der Waals surface area contributed by atoms with Gasteiger partial charge in [-0.25, -0.2) is 0 Å². The molecule has 0 bridgehead atoms. The molecule has 4 aliphatic rings. The molecule has 0 spiro atoms. The minimum Gasteiger partial charge on any atom is -0.454 e. The topological polar surface area (TPSA) is 208 Å². The number of aliphatic carboxylic acids is 1. The van der Waals surface area contributed by atoms with E-state index in [2.05, 4.69) is 152 Å². The summed E-state index contributed by atoms with van der Waals surface area (Å²) in [6.45, 7) is 16.3. The molecule has 0 aromatic heterocycles. The van der Waals surface area contributed by atoms with Crippen molar-refractivity contribution >= 4 is 73.0 Å². The molecule has 4 aliphatic heterocycles. The van der Waals surface area contributed by atoms with Gasteiger partial charge in [-0.2, -0.15) is 0 Å². The van der Waals surface area contributed by atoms with Crippen LogP contribution < -0.4 is 60.8 Å². The number of carbonyl (C=O) groups excluding carboxylic acids is 3. The quantitative estimate of drug-likeness (QED) is 0.0455. The molecular formula is C80H75O15P3Ru. The molecule has 0 aliphatic carbocycles. The number of rotatable bonds is 13. The number of ketones is 2. The Kier molecular flexibility index (Phi) is 27.3. The monoisotopic (exact) mass is 1470 g/mol. The molecule has 19 heteroatoms. The van der Waals surface area contributed by atoms with Crippen molar-refractivity contribution in [3.05, 3.63) is 296 Å². The molecule has 2 atom stereocenters. The van der Waals surface area contributed by atoms with E-state index in [1.807, 2.05) is 149 Å². The molecule has 15 nitrogen and oxygen atoms in total. The second-order valence-electron chi connectivity index (χ2n) is 23.0. The molecule has 10 aromatic carbocycles. The van der Waals surface area contributed by atoms with Gasteiger partial charge in [0, 0.05) is 29.9 Å². The van der Waals surface area contributed by atoms with Gasteiger partial charge >= 0.3 is 30.8 Å². The molecule has 2 fully saturated rings. The Hall–Kier alpha value is -8.54. The van der Waals surface area contributed by atoms with Crippen LogP contribution in [0.5, 0.6) is 23.0 Å². The summed E-state index contributed by atoms with van der Waals surface area (Å²) in [6, 6.07) is 88.6. The number of carboxylic acids is 1. The zero-order valence-electron chi connectivity index (χ0n) is 55.7. The minimum absolute atomic E-state index is 0. The smallest absolute Gasteiger partial charge is 0.454 e. The summed E-state index contributed by atoms with van der Waals surface area (Å²) >= 11 is 0. The zero-order chi connectivity index (χ0) is 69.9. The van der Waals surface area contributed by atoms with Gasteiger partial charge in [0.1, 0.15) is 23.8 Å². The predicted molar refractivity (Wildman–Crippen MR) is 379 cm³/mol. The summed E-state index contributed by atoms with van der Waals surface area (Å²) in [7, 11) is -6.98. The van der Waals surface area contributed by atoms with Crippen LogP contribution in [0.1, 0.15) is 83.6 Å². The van der Waals surface area contributed by atoms with Crippen LogP contribution in [-0.2, 0) is 72.8 Å². The van der Waals surface area contributed by atoms with Crippen LogP contribution in [0.2, 0.25) is 0 Å². The summed E-state index contributed by atoms with van der Waals surface area (Å²) in [5.41, 5.74) is 1.27. The van der Waals surface area contributed by atoms with E-state index in [0.29, 0.717) is 35.1 Å². The van der Waals surface area contributed by atoms with Crippen molar-refractivity contribution in [2.24, 2.45) is 0 Å². The fourth-order valence-corrected chi connectivity index (χ4v) is 18.0. The fourth-order valence-electron chi connectivity index (χ4n) is 11.7. The number of carboxylic acid groups (broad SMARTS) is 1. The summed E-state index contributed by atoms with van der Waals surface area (Å²) < 4.78 is 72.1. The van der Waals surface area contributed by atoms with Crippen LogP contribution in [0.3, 0.4) is 0 Å². The minimum atomic E-state index is -5.04. The summed E-state index contributed by atoms with van der Waals surface area (Å²) in [5.74, 6) is 1.34. The van der Waals surface area contributed by atoms with Crippen molar-refractivity contribution in [3.8, 4) is 34.1 Å². The van der Waals surface area contributed by atoms with E-state index in [-0.39, 0.29) is 44.6 Å². The van der Waals surface area contributed by atoms with Crippen molar-refractivity contribution in [2.45, 2.75) is 90.5 Å². The molecule has 0 amide bonds. The number of hydrogen-bond acceptors (Lipinski definition) is 14. The van der Waals surface area contributed by atoms with Gasteiger partial charge in [0.25, 0.3) is 7.82 Å². The molecule has 0 saturated carbocycles. The Morgan fingerprint density at radius 2 is 0.677 bits per heavy atom. The molecule has 0 unspecified atom stereocenters. The average molecular weight is 1470 g/mol. The molecule has 508 valence electrons. The van der Waals surface area contributed by atoms with Crippen LogP contribution in [0.4, 0.5) is 0 Å². The molecule has 0 radical (unpaired) electrons. The van der Waals surface area contributed by atoms with Gasteiger partial charge in [-0.1, -0.05) is 257 Å². The van der Waals surface area contributed by atoms with Crippen LogP contribution >= 0.6 is 23.7 Å². The van der Waals surface area contributed by atoms with Crippen molar-refractivity contribution in [2.75, 3.05) is 13.6 Å². The first-order valence-electron chi connectivity index (χ1n) is 31.7. The van der Waals surface area contributed by atoms with Crippen molar-refractivity contribution in [3.63, 3.8) is 0 Å². The Labute approximate surface area is 594 Å². The number of phosphoric acid groups is 1. The van der Waals surface area contributed by atoms with Gasteiger partial charge < -0.3 is 52.8 Å². The fraction of sp³-hybridized carbons (Fsp3) is 0.200. The van der Waals surface area contributed by atoms with Gasteiger partial charge in [0.15, 0.2) is 40.0 Å². The van der Waals surface area contributed by atoms with E-state index in [0.717, 1.165) is 41.0 Å². The van der Waals surface area contributed by atoms with Gasteiger partial charge in [-0.05, 0) is 129 Å². The maximum atomic E-state index is 14.1. The second kappa shape index (κ2) is 35.5. The third kappa shape index (κ3) is 17.9. The zero-order valence-corrected chi connectivity index (χ0v) is 60.1. The number of fused-ring (bicyclic) bond motifs is 3. The van der Waals surface area contributed by atoms with Crippen molar-refractivity contribution in [1.82, 2.24) is 0 Å². The largest absolute Gasteiger partial charge is 2.00 e. The van der Waals surface area contributed by atoms with E-state index in [1.165, 1.54) is 31.8 Å². The number of benzene rings is 10. The maximum absolute atomic E-state index is 14.1. The molecule has 10 aromatic rings. The second-order valence-corrected chi connectivity index (χ2v) is 28.7. The average Bonchev–Trinajstić information content (AvgIpc) is 1.55. The summed E-state index contributed by atoms with van der Waals surface area (Å²) in [4.78, 5) is 42.6. The number of Topliss-reactive ketones (excluding diaryl/α,β-unsaturated/α-hetero) is 2. The predicted octanol–water partition coefficient (Wildman–Crippen LogP) is 12.9. The first-order valence-corrected chi connectivity index (χ1v) is 35.9. The maximum Gasteiger partial charge on any atom is 2.00 e. The van der Waals surface area contributed by atoms with Crippen LogP contribution in [0.15, 0.2) is 267 Å². The van der Waals surface area contributed by atoms with Gasteiger partial charge in [-0.15, -0.1) is 0 Å². The number of phosphoric ester groups is 1. The number of ether oxygens (including phenoxy) is 6. The Bertz CT molecular complexity index is 3890. The first-order chi connectivity index (χ1) is 47.4. The van der Waals surface area contributed by atoms with E-state index in [1.54, 1.807) is 13.8 Å². The van der Waals surface area contributed by atoms with Crippen LogP contribution in [0.25, 0.3) is 11.1 Å². The van der Waals surface area contributed by atoms with E-state index in [4.69, 9.17) is 52.0 Å². The van der Waals surface area contributed by atoms with Gasteiger partial charge in [-0.3, -0.25) is 13.6 Å². The number of carbonyl (C=O) groups is 3. The standard InChI is InChI=1S/C38H28O4P2.C31H29O6P.2C4H8O.C2H4O2.CO.Ru/c1-5-13-27(14-6-1)43(28-15-7-2-8-16-28)33-23-21-31-37(41-25-39-31)35(33)36-34(24-22-32-38(36)42-26-40-32)44(29-17-9-3-10-18-29)30-19-11-4-12-20-30;1-29(2)34-27-28(35-29)31(25-19-11-5-12-20-25,26-21-13-6-14-22-26)37-38(32,33)36-30(27,23-15-7-3-8-16-23)24-17-9-4-10-18-24;2*1-3-4(2)5;1-2(3)4;1-2;/h1-24H,25-26H2;3-22,27-28H,1-2H3,(H,32,33);2*3H2,1-2H3;1H3,(H,3,4);;/q;;;;;;+2/p-2/t;27-,28-;;;;;/m.1...../s1. The summed E-state index contributed by atoms with van der Waals surface area (Å²) in [5, 5.41) is 16.3. The Balaban J connectivity index is 0.000000207. The Morgan fingerprint density at radius 3 is 0.909 bits per heavy atom. The normalized spacial score (nSPS) is 16.3. The third-order valence-corrected chi connectivity index (χ3v) is 22.0. The van der Waals surface area contributed by atoms with Crippen LogP contribution in [0, 0.1) is 6.65 Å². The van der Waals surface area contributed by atoms with Gasteiger partial charge in [0.2, 0.25) is 13.6 Å². The van der Waals surface area contributed by atoms with Crippen LogP contribution in [-0.4, -0.2) is 49.1 Å². The SMILES string of the molecule is CC(=O)[O-].CC1(C)O[C@@H]2[C@@H](O1)C(c1ccccc1)(c1ccccc1)OP(=O)([O-])OC2(c1ccccc1)c1ccccc1.CCC(C)=O.CCC(C)=O.[C-]#[O+].[Ru+2].c1ccc(P(c2ccccc2)c2ccc3c(c2-c2c(P(c4ccccc4)c4ccccc4)ccc4c2OCO4)OCO3)cc1. The molecule has 2 saturated heterocycles. The molecule has 4 heterocycles. The molecule has 99 heavy (non-hydrogen) atoms. The molecule has 0 N–H and O–H groups in total. The van der Waals surface area contributed by atoms with E-state index in [9.17, 15) is 19.0 Å². The molecular weight excluding hydrogens is 1390 g/mol. The van der Waals surface area contributed by atoms with E-state index >= 15 is 0 Å². The third-order valence-electron chi connectivity index (χ3n) is 16.0. The Morgan fingerprint density at radius 1 is 0.444 bits per heavy atom. The summed E-state index contributed by atoms with van der Waals surface area (Å²) in [6.07, 6.45) is -0.514. The van der Waals surface area contributed by atoms with Crippen molar-refractivity contribution in [1.29, 1.82) is 0 Å². The first kappa shape index (κ1) is 76.2. The van der Waals surface area contributed by atoms with E-state index < -0.39 is 58.8 Å². The number of hydrogen-bond donors (Lipinski definition) is 0. The van der Waals surface area contributed by atoms with Crippen molar-refractivity contribution < 1.29 is 90.5 Å².